The standard InChI is InChI=1S/C19H24N2O2/c1-15(16-8-4-3-5-9-16)21-14-19(22)20-13-12-17-10-6-7-11-18(17)23-2/h3-11,15,21H,12-14H2,1-2H3,(H,20,22)/t15-/m0/s1. The van der Waals surface area contributed by atoms with Crippen molar-refractivity contribution in [1.82, 2.24) is 10.6 Å². The van der Waals surface area contributed by atoms with Crippen LogP contribution in [0.3, 0.4) is 0 Å². The number of carbonyl (C=O) groups is 1. The molecule has 2 rings (SSSR count). The van der Waals surface area contributed by atoms with Crippen molar-refractivity contribution in [3.63, 3.8) is 0 Å². The monoisotopic (exact) mass is 312 g/mol. The molecule has 2 aromatic rings. The van der Waals surface area contributed by atoms with Crippen molar-refractivity contribution in [3.05, 3.63) is 65.7 Å². The van der Waals surface area contributed by atoms with E-state index in [0.717, 1.165) is 17.7 Å². The van der Waals surface area contributed by atoms with Gasteiger partial charge >= 0.3 is 0 Å². The van der Waals surface area contributed by atoms with E-state index in [1.54, 1.807) is 7.11 Å². The average molecular weight is 312 g/mol. The first kappa shape index (κ1) is 17.0. The van der Waals surface area contributed by atoms with E-state index in [2.05, 4.69) is 29.7 Å². The molecule has 4 nitrogen and oxygen atoms in total. The molecule has 0 spiro atoms. The maximum absolute atomic E-state index is 11.9. The van der Waals surface area contributed by atoms with Crippen molar-refractivity contribution < 1.29 is 9.53 Å². The Labute approximate surface area is 137 Å². The Balaban J connectivity index is 1.71. The number of rotatable bonds is 8. The minimum absolute atomic E-state index is 0.00248. The van der Waals surface area contributed by atoms with Crippen LogP contribution in [-0.2, 0) is 11.2 Å². The summed E-state index contributed by atoms with van der Waals surface area (Å²) in [5, 5.41) is 6.17. The van der Waals surface area contributed by atoms with Crippen LogP contribution >= 0.6 is 0 Å². The fourth-order valence-electron chi connectivity index (χ4n) is 2.41. The molecule has 0 aliphatic rings. The molecule has 1 amide bonds. The van der Waals surface area contributed by atoms with Crippen LogP contribution in [0, 0.1) is 0 Å². The van der Waals surface area contributed by atoms with Crippen LogP contribution in [0.1, 0.15) is 24.1 Å². The Morgan fingerprint density at radius 3 is 2.52 bits per heavy atom. The summed E-state index contributed by atoms with van der Waals surface area (Å²) in [7, 11) is 1.66. The van der Waals surface area contributed by atoms with Gasteiger partial charge in [0, 0.05) is 12.6 Å². The molecule has 1 atom stereocenters. The minimum atomic E-state index is 0.00248. The molecular formula is C19H24N2O2. The summed E-state index contributed by atoms with van der Waals surface area (Å²) in [6.07, 6.45) is 0.754. The highest BCUT2D eigenvalue weighted by molar-refractivity contribution is 5.78. The van der Waals surface area contributed by atoms with Gasteiger partial charge < -0.3 is 15.4 Å². The Morgan fingerprint density at radius 2 is 1.78 bits per heavy atom. The highest BCUT2D eigenvalue weighted by Crippen LogP contribution is 2.17. The van der Waals surface area contributed by atoms with Gasteiger partial charge in [0.25, 0.3) is 0 Å². The number of hydrogen-bond acceptors (Lipinski definition) is 3. The van der Waals surface area contributed by atoms with Crippen LogP contribution in [0.4, 0.5) is 0 Å². The first-order valence-electron chi connectivity index (χ1n) is 7.87. The van der Waals surface area contributed by atoms with E-state index in [-0.39, 0.29) is 11.9 Å². The lowest BCUT2D eigenvalue weighted by Crippen LogP contribution is -2.36. The molecule has 0 aromatic heterocycles. The molecule has 0 heterocycles. The lowest BCUT2D eigenvalue weighted by Gasteiger charge is -2.14. The van der Waals surface area contributed by atoms with E-state index in [9.17, 15) is 4.79 Å². The lowest BCUT2D eigenvalue weighted by atomic mass is 10.1. The van der Waals surface area contributed by atoms with Crippen molar-refractivity contribution in [2.45, 2.75) is 19.4 Å². The molecule has 23 heavy (non-hydrogen) atoms. The Kier molecular flexibility index (Phi) is 6.63. The van der Waals surface area contributed by atoms with Crippen LogP contribution in [0.25, 0.3) is 0 Å². The summed E-state index contributed by atoms with van der Waals surface area (Å²) in [6.45, 7) is 2.96. The van der Waals surface area contributed by atoms with E-state index >= 15 is 0 Å². The minimum Gasteiger partial charge on any atom is -0.496 e. The molecule has 2 N–H and O–H groups in total. The maximum Gasteiger partial charge on any atom is 0.233 e. The van der Waals surface area contributed by atoms with Crippen molar-refractivity contribution in [1.29, 1.82) is 0 Å². The van der Waals surface area contributed by atoms with Crippen LogP contribution in [0.15, 0.2) is 54.6 Å². The summed E-state index contributed by atoms with van der Waals surface area (Å²) in [5.41, 5.74) is 2.27. The van der Waals surface area contributed by atoms with Crippen LogP contribution < -0.4 is 15.4 Å². The zero-order valence-corrected chi connectivity index (χ0v) is 13.7. The van der Waals surface area contributed by atoms with Gasteiger partial charge in [-0.2, -0.15) is 0 Å². The van der Waals surface area contributed by atoms with Gasteiger partial charge in [0.15, 0.2) is 0 Å². The topological polar surface area (TPSA) is 50.4 Å². The molecule has 0 fully saturated rings. The van der Waals surface area contributed by atoms with Gasteiger partial charge in [0.2, 0.25) is 5.91 Å². The summed E-state index contributed by atoms with van der Waals surface area (Å²) >= 11 is 0. The summed E-state index contributed by atoms with van der Waals surface area (Å²) in [4.78, 5) is 11.9. The molecule has 4 heteroatoms. The number of methoxy groups -OCH3 is 1. The summed E-state index contributed by atoms with van der Waals surface area (Å²) in [6, 6.07) is 18.1. The maximum atomic E-state index is 11.9. The second kappa shape index (κ2) is 8.96. The zero-order chi connectivity index (χ0) is 16.5. The predicted molar refractivity (Wildman–Crippen MR) is 92.6 cm³/mol. The van der Waals surface area contributed by atoms with Gasteiger partial charge in [0.05, 0.1) is 13.7 Å². The van der Waals surface area contributed by atoms with Crippen molar-refractivity contribution in [2.75, 3.05) is 20.2 Å². The quantitative estimate of drug-likeness (QED) is 0.788. The summed E-state index contributed by atoms with van der Waals surface area (Å²) in [5.74, 6) is 0.861. The van der Waals surface area contributed by atoms with Crippen molar-refractivity contribution in [2.24, 2.45) is 0 Å². The van der Waals surface area contributed by atoms with Gasteiger partial charge in [-0.25, -0.2) is 0 Å². The third-order valence-electron chi connectivity index (χ3n) is 3.78. The van der Waals surface area contributed by atoms with Gasteiger partial charge in [0.1, 0.15) is 5.75 Å². The van der Waals surface area contributed by atoms with E-state index < -0.39 is 0 Å². The lowest BCUT2D eigenvalue weighted by molar-refractivity contribution is -0.120. The van der Waals surface area contributed by atoms with Crippen LogP contribution in [0.2, 0.25) is 0 Å². The number of carbonyl (C=O) groups excluding carboxylic acids is 1. The molecule has 122 valence electrons. The number of nitrogens with one attached hydrogen (secondary N) is 2. The van der Waals surface area contributed by atoms with E-state index in [1.807, 2.05) is 42.5 Å². The summed E-state index contributed by atoms with van der Waals surface area (Å²) < 4.78 is 5.31. The fraction of sp³-hybridized carbons (Fsp3) is 0.316. The van der Waals surface area contributed by atoms with Crippen molar-refractivity contribution >= 4 is 5.91 Å². The number of ether oxygens (including phenoxy) is 1. The Hall–Kier alpha value is -2.33. The number of para-hydroxylation sites is 1. The Morgan fingerprint density at radius 1 is 1.09 bits per heavy atom. The van der Waals surface area contributed by atoms with E-state index in [4.69, 9.17) is 4.74 Å². The Bertz CT molecular complexity index is 614. The molecule has 0 aliphatic heterocycles. The van der Waals surface area contributed by atoms with Crippen LogP contribution in [-0.4, -0.2) is 26.1 Å². The van der Waals surface area contributed by atoms with Gasteiger partial charge in [-0.1, -0.05) is 48.5 Å². The van der Waals surface area contributed by atoms with Gasteiger partial charge in [-0.15, -0.1) is 0 Å². The van der Waals surface area contributed by atoms with Gasteiger partial charge in [-0.05, 0) is 30.5 Å². The first-order chi connectivity index (χ1) is 11.2. The smallest absolute Gasteiger partial charge is 0.233 e. The molecule has 0 saturated carbocycles. The molecule has 0 bridgehead atoms. The third-order valence-corrected chi connectivity index (χ3v) is 3.78. The zero-order valence-electron chi connectivity index (χ0n) is 13.7. The molecular weight excluding hydrogens is 288 g/mol. The average Bonchev–Trinajstić information content (AvgIpc) is 2.61. The predicted octanol–water partition coefficient (Wildman–Crippen LogP) is 2.70. The SMILES string of the molecule is COc1ccccc1CCNC(=O)CN[C@@H](C)c1ccccc1. The highest BCUT2D eigenvalue weighted by atomic mass is 16.5. The van der Waals surface area contributed by atoms with E-state index in [1.165, 1.54) is 5.56 Å². The molecule has 0 unspecified atom stereocenters. The van der Waals surface area contributed by atoms with Crippen molar-refractivity contribution in [3.8, 4) is 5.75 Å². The van der Waals surface area contributed by atoms with Crippen LogP contribution in [0.5, 0.6) is 5.75 Å². The second-order valence-corrected chi connectivity index (χ2v) is 5.43. The third kappa shape index (κ3) is 5.42. The second-order valence-electron chi connectivity index (χ2n) is 5.43. The largest absolute Gasteiger partial charge is 0.496 e. The number of hydrogen-bond donors (Lipinski definition) is 2. The first-order valence-corrected chi connectivity index (χ1v) is 7.87. The fourth-order valence-corrected chi connectivity index (χ4v) is 2.41. The normalized spacial score (nSPS) is 11.7. The molecule has 2 aromatic carbocycles. The number of benzene rings is 2. The number of amides is 1. The molecule has 0 radical (unpaired) electrons. The van der Waals surface area contributed by atoms with E-state index in [0.29, 0.717) is 13.1 Å². The molecule has 0 saturated heterocycles. The van der Waals surface area contributed by atoms with Gasteiger partial charge in [-0.3, -0.25) is 4.79 Å². The highest BCUT2D eigenvalue weighted by Gasteiger charge is 2.07. The molecule has 0 aliphatic carbocycles.